The Morgan fingerprint density at radius 2 is 1.83 bits per heavy atom. The van der Waals surface area contributed by atoms with Crippen molar-refractivity contribution in [3.63, 3.8) is 0 Å². The molecule has 2 N–H and O–H groups in total. The molecule has 1 heterocycles. The minimum absolute atomic E-state index is 0.0293. The molecule has 0 aliphatic carbocycles. The minimum Gasteiger partial charge on any atom is -0.347 e. The Morgan fingerprint density at radius 1 is 1.17 bits per heavy atom. The summed E-state index contributed by atoms with van der Waals surface area (Å²) in [5.41, 5.74) is 2.36. The van der Waals surface area contributed by atoms with Gasteiger partial charge in [-0.3, -0.25) is 9.59 Å². The van der Waals surface area contributed by atoms with Gasteiger partial charge >= 0.3 is 0 Å². The molecule has 132 valence electrons. The van der Waals surface area contributed by atoms with Gasteiger partial charge in [-0.05, 0) is 51.3 Å². The molecule has 1 aromatic carbocycles. The average molecular weight is 331 g/mol. The van der Waals surface area contributed by atoms with Gasteiger partial charge < -0.3 is 15.5 Å². The largest absolute Gasteiger partial charge is 0.347 e. The number of nitrogens with zero attached hydrogens (tertiary/aromatic N) is 1. The van der Waals surface area contributed by atoms with Crippen LogP contribution in [0.4, 0.5) is 0 Å². The van der Waals surface area contributed by atoms with Crippen LogP contribution in [0.2, 0.25) is 0 Å². The first-order valence-electron chi connectivity index (χ1n) is 8.83. The smallest absolute Gasteiger partial charge is 0.241 e. The molecular weight excluding hydrogens is 302 g/mol. The molecule has 1 aromatic rings. The zero-order valence-electron chi connectivity index (χ0n) is 14.8. The molecule has 2 amide bonds. The maximum absolute atomic E-state index is 12.2. The van der Waals surface area contributed by atoms with E-state index >= 15 is 0 Å². The number of rotatable bonds is 7. The molecule has 0 aromatic heterocycles. The molecular formula is C19H29N3O2. The van der Waals surface area contributed by atoms with Crippen molar-refractivity contribution in [2.45, 2.75) is 32.6 Å². The van der Waals surface area contributed by atoms with E-state index in [0.717, 1.165) is 38.0 Å². The van der Waals surface area contributed by atoms with Gasteiger partial charge in [0.15, 0.2) is 0 Å². The number of benzene rings is 1. The predicted molar refractivity (Wildman–Crippen MR) is 95.7 cm³/mol. The van der Waals surface area contributed by atoms with E-state index in [-0.39, 0.29) is 18.4 Å². The molecule has 0 spiro atoms. The summed E-state index contributed by atoms with van der Waals surface area (Å²) in [5.74, 6) is 0.624. The lowest BCUT2D eigenvalue weighted by Crippen LogP contribution is -2.45. The maximum atomic E-state index is 12.2. The molecule has 5 nitrogen and oxygen atoms in total. The molecule has 1 aliphatic rings. The monoisotopic (exact) mass is 331 g/mol. The molecule has 2 rings (SSSR count). The second-order valence-electron chi connectivity index (χ2n) is 6.64. The van der Waals surface area contributed by atoms with Gasteiger partial charge in [0.1, 0.15) is 0 Å². The van der Waals surface area contributed by atoms with Crippen LogP contribution in [0.15, 0.2) is 24.3 Å². The Labute approximate surface area is 144 Å². The van der Waals surface area contributed by atoms with Crippen molar-refractivity contribution in [3.05, 3.63) is 35.4 Å². The first-order valence-corrected chi connectivity index (χ1v) is 8.83. The second kappa shape index (κ2) is 9.42. The minimum atomic E-state index is -0.0611. The molecule has 0 radical (unpaired) electrons. The van der Waals surface area contributed by atoms with Crippen molar-refractivity contribution in [1.82, 2.24) is 15.5 Å². The van der Waals surface area contributed by atoms with Crippen molar-refractivity contribution in [1.29, 1.82) is 0 Å². The molecule has 0 bridgehead atoms. The summed E-state index contributed by atoms with van der Waals surface area (Å²) in [5, 5.41) is 5.95. The Hall–Kier alpha value is -1.88. The van der Waals surface area contributed by atoms with Crippen LogP contribution in [0.3, 0.4) is 0 Å². The van der Waals surface area contributed by atoms with Crippen molar-refractivity contribution >= 4 is 11.8 Å². The zero-order valence-corrected chi connectivity index (χ0v) is 14.8. The van der Waals surface area contributed by atoms with Gasteiger partial charge in [-0.25, -0.2) is 0 Å². The van der Waals surface area contributed by atoms with E-state index in [0.29, 0.717) is 18.8 Å². The fourth-order valence-electron chi connectivity index (χ4n) is 3.06. The van der Waals surface area contributed by atoms with Crippen LogP contribution in [-0.4, -0.2) is 49.9 Å². The van der Waals surface area contributed by atoms with Crippen LogP contribution < -0.4 is 10.6 Å². The Bertz CT molecular complexity index is 534. The van der Waals surface area contributed by atoms with E-state index in [9.17, 15) is 9.59 Å². The molecule has 0 unspecified atom stereocenters. The summed E-state index contributed by atoms with van der Waals surface area (Å²) in [4.78, 5) is 26.0. The number of hydrogen-bond acceptors (Lipinski definition) is 3. The van der Waals surface area contributed by atoms with E-state index in [4.69, 9.17) is 0 Å². The highest BCUT2D eigenvalue weighted by Crippen LogP contribution is 2.16. The van der Waals surface area contributed by atoms with Gasteiger partial charge in [0.25, 0.3) is 0 Å². The summed E-state index contributed by atoms with van der Waals surface area (Å²) in [6, 6.07) is 8.19. The lowest BCUT2D eigenvalue weighted by molar-refractivity contribution is -0.134. The predicted octanol–water partition coefficient (Wildman–Crippen LogP) is 1.50. The number of amides is 2. The van der Waals surface area contributed by atoms with Gasteiger partial charge in [-0.1, -0.05) is 29.8 Å². The lowest BCUT2D eigenvalue weighted by Gasteiger charge is -2.32. The van der Waals surface area contributed by atoms with E-state index in [1.165, 1.54) is 5.56 Å². The number of carbonyl (C=O) groups excluding carboxylic acids is 2. The fourth-order valence-corrected chi connectivity index (χ4v) is 3.06. The first kappa shape index (κ1) is 18.5. The van der Waals surface area contributed by atoms with Crippen LogP contribution in [-0.2, 0) is 16.0 Å². The standard InChI is InChI=1S/C19H29N3O2/c1-15-3-5-16(6-4-15)7-8-18(23)21-14-19(24)22-11-9-17(10-12-22)13-20-2/h3-6,17,20H,7-14H2,1-2H3,(H,21,23). The molecule has 24 heavy (non-hydrogen) atoms. The van der Waals surface area contributed by atoms with Crippen molar-refractivity contribution < 1.29 is 9.59 Å². The zero-order chi connectivity index (χ0) is 17.4. The van der Waals surface area contributed by atoms with Crippen molar-refractivity contribution in [3.8, 4) is 0 Å². The SMILES string of the molecule is CNCC1CCN(C(=O)CNC(=O)CCc2ccc(C)cc2)CC1. The van der Waals surface area contributed by atoms with Crippen LogP contribution in [0, 0.1) is 12.8 Å². The number of aryl methyl sites for hydroxylation is 2. The lowest BCUT2D eigenvalue weighted by atomic mass is 9.97. The highest BCUT2D eigenvalue weighted by atomic mass is 16.2. The summed E-state index contributed by atoms with van der Waals surface area (Å²) < 4.78 is 0. The van der Waals surface area contributed by atoms with E-state index in [2.05, 4.69) is 22.8 Å². The van der Waals surface area contributed by atoms with Crippen molar-refractivity contribution in [2.75, 3.05) is 33.2 Å². The van der Waals surface area contributed by atoms with Gasteiger partial charge in [0, 0.05) is 19.5 Å². The van der Waals surface area contributed by atoms with E-state index in [1.54, 1.807) is 0 Å². The Morgan fingerprint density at radius 3 is 2.46 bits per heavy atom. The summed E-state index contributed by atoms with van der Waals surface area (Å²) in [7, 11) is 1.96. The normalized spacial score (nSPS) is 15.3. The fraction of sp³-hybridized carbons (Fsp3) is 0.579. The van der Waals surface area contributed by atoms with Gasteiger partial charge in [0.2, 0.25) is 11.8 Å². The summed E-state index contributed by atoms with van der Waals surface area (Å²) in [6.07, 6.45) is 3.19. The Kier molecular flexibility index (Phi) is 7.25. The first-order chi connectivity index (χ1) is 11.6. The molecule has 5 heteroatoms. The maximum Gasteiger partial charge on any atom is 0.241 e. The van der Waals surface area contributed by atoms with Gasteiger partial charge in [-0.2, -0.15) is 0 Å². The van der Waals surface area contributed by atoms with Crippen LogP contribution in [0.25, 0.3) is 0 Å². The molecule has 1 aliphatic heterocycles. The molecule has 1 fully saturated rings. The number of hydrogen-bond donors (Lipinski definition) is 2. The number of carbonyl (C=O) groups is 2. The van der Waals surface area contributed by atoms with E-state index in [1.807, 2.05) is 31.0 Å². The third-order valence-electron chi connectivity index (χ3n) is 4.66. The molecule has 1 saturated heterocycles. The van der Waals surface area contributed by atoms with Gasteiger partial charge in [0.05, 0.1) is 6.54 Å². The third-order valence-corrected chi connectivity index (χ3v) is 4.66. The van der Waals surface area contributed by atoms with Crippen molar-refractivity contribution in [2.24, 2.45) is 5.92 Å². The summed E-state index contributed by atoms with van der Waals surface area (Å²) >= 11 is 0. The average Bonchev–Trinajstić information content (AvgIpc) is 2.60. The number of piperidine rings is 1. The third kappa shape index (κ3) is 5.96. The second-order valence-corrected chi connectivity index (χ2v) is 6.64. The Balaban J connectivity index is 1.64. The van der Waals surface area contributed by atoms with E-state index < -0.39 is 0 Å². The number of nitrogens with one attached hydrogen (secondary N) is 2. The number of likely N-dealkylation sites (tertiary alicyclic amines) is 1. The molecule has 0 atom stereocenters. The highest BCUT2D eigenvalue weighted by molar-refractivity contribution is 5.84. The van der Waals surface area contributed by atoms with Crippen LogP contribution in [0.5, 0.6) is 0 Å². The highest BCUT2D eigenvalue weighted by Gasteiger charge is 2.22. The van der Waals surface area contributed by atoms with Crippen LogP contribution >= 0.6 is 0 Å². The van der Waals surface area contributed by atoms with Crippen LogP contribution in [0.1, 0.15) is 30.4 Å². The summed E-state index contributed by atoms with van der Waals surface area (Å²) in [6.45, 7) is 4.76. The van der Waals surface area contributed by atoms with Gasteiger partial charge in [-0.15, -0.1) is 0 Å². The molecule has 0 saturated carbocycles. The quantitative estimate of drug-likeness (QED) is 0.796. The topological polar surface area (TPSA) is 61.4 Å².